The smallest absolute Gasteiger partial charge is 0.344 e. The number of benzene rings is 1. The van der Waals surface area contributed by atoms with Crippen molar-refractivity contribution in [2.45, 2.75) is 51.4 Å². The molecule has 1 aliphatic rings. The summed E-state index contributed by atoms with van der Waals surface area (Å²) in [6, 6.07) is 7.93. The molecule has 1 aromatic rings. The molecule has 0 heterocycles. The van der Waals surface area contributed by atoms with Crippen LogP contribution in [0.15, 0.2) is 30.3 Å². The summed E-state index contributed by atoms with van der Waals surface area (Å²) in [5.74, 6) is 2.05. The van der Waals surface area contributed by atoms with E-state index in [-0.39, 0.29) is 10.5 Å². The predicted octanol–water partition coefficient (Wildman–Crippen LogP) is 3.34. The molecule has 0 saturated heterocycles. The van der Waals surface area contributed by atoms with E-state index >= 15 is 0 Å². The molecule has 4 heteroatoms. The molecule has 0 amide bonds. The van der Waals surface area contributed by atoms with E-state index in [1.165, 1.54) is 12.1 Å². The van der Waals surface area contributed by atoms with E-state index in [1.54, 1.807) is 18.2 Å². The maximum Gasteiger partial charge on any atom is 0.344 e. The van der Waals surface area contributed by atoms with Crippen LogP contribution in [-0.2, 0) is 15.1 Å². The monoisotopic (exact) mass is 369 g/mol. The van der Waals surface area contributed by atoms with E-state index in [9.17, 15) is 9.90 Å². The number of hydrogen-bond donors (Lipinski definition) is 1. The molecule has 0 spiro atoms. The second-order valence-corrected chi connectivity index (χ2v) is 6.07. The molecule has 142 valence electrons. The van der Waals surface area contributed by atoms with Gasteiger partial charge in [-0.25, -0.2) is 4.79 Å². The van der Waals surface area contributed by atoms with Gasteiger partial charge >= 0.3 is 5.97 Å². The Balaban J connectivity index is 2.37. The zero-order valence-electron chi connectivity index (χ0n) is 26.4. The molecule has 26 heavy (non-hydrogen) atoms. The fourth-order valence-corrected chi connectivity index (χ4v) is 3.14. The molecule has 2 rings (SSSR count). The predicted molar refractivity (Wildman–Crippen MR) is 103 cm³/mol. The van der Waals surface area contributed by atoms with Crippen molar-refractivity contribution in [2.24, 2.45) is 5.92 Å². The molecule has 0 bridgehead atoms. The zero-order chi connectivity index (χ0) is 29.2. The highest BCUT2D eigenvalue weighted by Crippen LogP contribution is 2.40. The lowest BCUT2D eigenvalue weighted by Crippen LogP contribution is -2.45. The van der Waals surface area contributed by atoms with Gasteiger partial charge in [-0.1, -0.05) is 75.1 Å². The first-order valence-electron chi connectivity index (χ1n) is 14.5. The molecule has 0 radical (unpaired) electrons. The third-order valence-corrected chi connectivity index (χ3v) is 4.51. The number of esters is 1. The normalized spacial score (nSPS) is 26.7. The second-order valence-electron chi connectivity index (χ2n) is 6.07. The molecular weight excluding hydrogens is 326 g/mol. The molecule has 4 nitrogen and oxygen atoms in total. The lowest BCUT2D eigenvalue weighted by Gasteiger charge is -2.36. The summed E-state index contributed by atoms with van der Waals surface area (Å²) in [5.41, 5.74) is -1.97. The molecule has 1 atom stereocenters. The fraction of sp³-hybridized carbons (Fsp3) is 0.591. The minimum Gasteiger partial charge on any atom is -0.450 e. The first-order valence-corrected chi connectivity index (χ1v) is 8.47. The van der Waals surface area contributed by atoms with Gasteiger partial charge in [-0.15, -0.1) is 0 Å². The Bertz CT molecular complexity index is 998. The summed E-state index contributed by atoms with van der Waals surface area (Å²) in [6.07, 6.45) is 3.43. The molecule has 1 fully saturated rings. The molecule has 1 N–H and O–H groups in total. The average Bonchev–Trinajstić information content (AvgIpc) is 2.80. The van der Waals surface area contributed by atoms with Crippen molar-refractivity contribution in [3.05, 3.63) is 35.9 Å². The fourth-order valence-electron chi connectivity index (χ4n) is 3.14. The van der Waals surface area contributed by atoms with Crippen LogP contribution in [0.5, 0.6) is 0 Å². The van der Waals surface area contributed by atoms with E-state index in [2.05, 4.69) is 0 Å². The Hall–Kier alpha value is -1.83. The summed E-state index contributed by atoms with van der Waals surface area (Å²) < 4.78 is 96.8. The number of rotatable bonds is 7. The third-order valence-electron chi connectivity index (χ3n) is 4.51. The van der Waals surface area contributed by atoms with Crippen molar-refractivity contribution in [3.63, 3.8) is 0 Å². The quantitative estimate of drug-likeness (QED) is 0.591. The van der Waals surface area contributed by atoms with E-state index in [0.717, 1.165) is 19.3 Å². The molecule has 1 unspecified atom stereocenters. The van der Waals surface area contributed by atoms with Gasteiger partial charge in [-0.2, -0.15) is 0 Å². The number of ether oxygens (including phenoxy) is 1. The Kier molecular flexibility index (Phi) is 3.74. The molecule has 1 aliphatic carbocycles. The van der Waals surface area contributed by atoms with Gasteiger partial charge in [0.25, 0.3) is 0 Å². The van der Waals surface area contributed by atoms with E-state index in [0.29, 0.717) is 12.8 Å². The van der Waals surface area contributed by atoms with Crippen LogP contribution in [-0.4, -0.2) is 42.1 Å². The van der Waals surface area contributed by atoms with Crippen LogP contribution in [0.3, 0.4) is 0 Å². The first-order chi connectivity index (χ1) is 17.2. The molecule has 1 aromatic carbocycles. The standard InChI is InChI=1S/C22H31NO3/c1-3-23(4-2)17-11-12-18-26-21(24)22(25,19-13-7-5-8-14-19)20-15-9-6-10-16-20/h5,7-8,13-14,20,25H,3-4,6,9-10,15-18H2,1-2H3/i1D3,2D3,3D2,4D2,18D2. The Labute approximate surface area is 174 Å². The number of carbonyl (C=O) groups is 1. The lowest BCUT2D eigenvalue weighted by molar-refractivity contribution is -0.174. The summed E-state index contributed by atoms with van der Waals surface area (Å²) >= 11 is 0. The van der Waals surface area contributed by atoms with Gasteiger partial charge in [0.05, 0.1) is 9.29 Å². The Morgan fingerprint density at radius 3 is 2.62 bits per heavy atom. The minimum absolute atomic E-state index is 0.132. The SMILES string of the molecule is [2H]C([2H])(C#CCN(C([2H])([2H])C([2H])([2H])[2H])C([2H])([2H])C([2H])([2H])[2H])OC(=O)C(O)(c1ccccc1)C1CCCCC1. The van der Waals surface area contributed by atoms with Crippen LogP contribution in [0, 0.1) is 17.8 Å². The summed E-state index contributed by atoms with van der Waals surface area (Å²) in [7, 11) is 0. The van der Waals surface area contributed by atoms with Crippen LogP contribution < -0.4 is 0 Å². The molecule has 1 saturated carbocycles. The van der Waals surface area contributed by atoms with Crippen molar-refractivity contribution in [1.29, 1.82) is 0 Å². The Morgan fingerprint density at radius 1 is 1.27 bits per heavy atom. The number of nitrogens with zero attached hydrogens (tertiary/aromatic N) is 1. The van der Waals surface area contributed by atoms with Gasteiger partial charge in [0.15, 0.2) is 12.2 Å². The Morgan fingerprint density at radius 2 is 1.96 bits per heavy atom. The average molecular weight is 370 g/mol. The van der Waals surface area contributed by atoms with E-state index in [1.807, 2.05) is 11.8 Å². The van der Waals surface area contributed by atoms with Crippen LogP contribution in [0.25, 0.3) is 0 Å². The summed E-state index contributed by atoms with van der Waals surface area (Å²) in [5, 5.41) is 11.5. The highest BCUT2D eigenvalue weighted by atomic mass is 16.5. The zero-order valence-corrected chi connectivity index (χ0v) is 14.4. The third kappa shape index (κ3) is 5.09. The van der Waals surface area contributed by atoms with E-state index < -0.39 is 57.3 Å². The minimum atomic E-state index is -3.50. The van der Waals surface area contributed by atoms with Gasteiger partial charge in [-0.05, 0) is 31.4 Å². The largest absolute Gasteiger partial charge is 0.450 e. The molecular formula is C22H31NO3. The molecule has 0 aromatic heterocycles. The van der Waals surface area contributed by atoms with Crippen molar-refractivity contribution < 1.29 is 31.1 Å². The highest BCUT2D eigenvalue weighted by molar-refractivity contribution is 5.81. The second kappa shape index (κ2) is 10.4. The van der Waals surface area contributed by atoms with Crippen molar-refractivity contribution >= 4 is 5.97 Å². The highest BCUT2D eigenvalue weighted by Gasteiger charge is 2.46. The van der Waals surface area contributed by atoms with Crippen molar-refractivity contribution in [2.75, 3.05) is 26.1 Å². The first kappa shape index (κ1) is 9.39. The van der Waals surface area contributed by atoms with Gasteiger partial charge < -0.3 is 9.84 Å². The molecule has 0 aliphatic heterocycles. The van der Waals surface area contributed by atoms with Crippen LogP contribution in [0.4, 0.5) is 0 Å². The van der Waals surface area contributed by atoms with Gasteiger partial charge in [0.1, 0.15) is 0 Å². The maximum absolute atomic E-state index is 13.2. The summed E-state index contributed by atoms with van der Waals surface area (Å²) in [4.78, 5) is 13.1. The van der Waals surface area contributed by atoms with Crippen molar-refractivity contribution in [1.82, 2.24) is 4.90 Å². The maximum atomic E-state index is 13.2. The topological polar surface area (TPSA) is 49.8 Å². The van der Waals surface area contributed by atoms with Crippen LogP contribution in [0.2, 0.25) is 0 Å². The summed E-state index contributed by atoms with van der Waals surface area (Å²) in [6.45, 7) is -18.2. The number of hydrogen-bond acceptors (Lipinski definition) is 4. The lowest BCUT2D eigenvalue weighted by atomic mass is 9.73. The number of carbonyl (C=O) groups excluding carboxylic acids is 1. The van der Waals surface area contributed by atoms with Gasteiger partial charge in [0.2, 0.25) is 0 Å². The van der Waals surface area contributed by atoms with Gasteiger partial charge in [-0.3, -0.25) is 4.90 Å². The van der Waals surface area contributed by atoms with Crippen molar-refractivity contribution in [3.8, 4) is 11.8 Å². The van der Waals surface area contributed by atoms with Crippen LogP contribution >= 0.6 is 0 Å². The number of aliphatic hydroxyl groups is 1. The van der Waals surface area contributed by atoms with Gasteiger partial charge in [0, 0.05) is 19.6 Å². The van der Waals surface area contributed by atoms with E-state index in [4.69, 9.17) is 21.2 Å². The van der Waals surface area contributed by atoms with Crippen LogP contribution in [0.1, 0.15) is 67.8 Å².